The Balaban J connectivity index is 2.17. The van der Waals surface area contributed by atoms with E-state index in [2.05, 4.69) is 10.3 Å². The smallest absolute Gasteiger partial charge is 0.240 e. The Morgan fingerprint density at radius 3 is 2.68 bits per heavy atom. The van der Waals surface area contributed by atoms with Crippen molar-refractivity contribution in [3.8, 4) is 11.4 Å². The van der Waals surface area contributed by atoms with Gasteiger partial charge in [-0.1, -0.05) is 35.9 Å². The van der Waals surface area contributed by atoms with Crippen LogP contribution in [0.1, 0.15) is 6.92 Å². The number of imidazole rings is 1. The summed E-state index contributed by atoms with van der Waals surface area (Å²) in [6, 6.07) is 15.3. The van der Waals surface area contributed by atoms with Crippen molar-refractivity contribution in [2.45, 2.75) is 13.5 Å². The predicted molar refractivity (Wildman–Crippen MR) is 88.9 cm³/mol. The van der Waals surface area contributed by atoms with Crippen molar-refractivity contribution in [2.75, 3.05) is 6.54 Å². The highest BCUT2D eigenvalue weighted by molar-refractivity contribution is 6.33. The summed E-state index contributed by atoms with van der Waals surface area (Å²) in [4.78, 5) is 16.7. The average Bonchev–Trinajstić information content (AvgIpc) is 2.87. The lowest BCUT2D eigenvalue weighted by molar-refractivity contribution is -0.121. The molecule has 3 rings (SSSR count). The second-order valence-electron chi connectivity index (χ2n) is 4.94. The summed E-state index contributed by atoms with van der Waals surface area (Å²) in [7, 11) is 0. The zero-order chi connectivity index (χ0) is 15.5. The number of fused-ring (bicyclic) bond motifs is 1. The zero-order valence-electron chi connectivity index (χ0n) is 12.2. The fraction of sp³-hybridized carbons (Fsp3) is 0.176. The number of hydrogen-bond acceptors (Lipinski definition) is 2. The Labute approximate surface area is 133 Å². The van der Waals surface area contributed by atoms with Crippen LogP contribution in [0.3, 0.4) is 0 Å². The highest BCUT2D eigenvalue weighted by atomic mass is 35.5. The molecule has 0 radical (unpaired) electrons. The van der Waals surface area contributed by atoms with Crippen LogP contribution >= 0.6 is 11.6 Å². The van der Waals surface area contributed by atoms with Crippen LogP contribution in [0, 0.1) is 0 Å². The van der Waals surface area contributed by atoms with Crippen molar-refractivity contribution in [1.82, 2.24) is 14.9 Å². The number of carbonyl (C=O) groups is 1. The summed E-state index contributed by atoms with van der Waals surface area (Å²) in [5.74, 6) is 0.664. The van der Waals surface area contributed by atoms with Gasteiger partial charge in [0.2, 0.25) is 5.91 Å². The molecule has 2 aromatic carbocycles. The Bertz CT molecular complexity index is 826. The number of rotatable bonds is 4. The minimum absolute atomic E-state index is 0.0426. The molecule has 22 heavy (non-hydrogen) atoms. The van der Waals surface area contributed by atoms with Gasteiger partial charge in [0.05, 0.1) is 16.1 Å². The quantitative estimate of drug-likeness (QED) is 0.801. The van der Waals surface area contributed by atoms with E-state index in [0.29, 0.717) is 17.4 Å². The molecule has 0 fully saturated rings. The second-order valence-corrected chi connectivity index (χ2v) is 5.35. The molecule has 0 saturated heterocycles. The van der Waals surface area contributed by atoms with Crippen molar-refractivity contribution in [3.63, 3.8) is 0 Å². The molecule has 0 saturated carbocycles. The van der Waals surface area contributed by atoms with Crippen LogP contribution < -0.4 is 5.32 Å². The Morgan fingerprint density at radius 1 is 1.18 bits per heavy atom. The van der Waals surface area contributed by atoms with Gasteiger partial charge in [-0.25, -0.2) is 4.98 Å². The average molecular weight is 314 g/mol. The first kappa shape index (κ1) is 14.6. The SMILES string of the molecule is CCNC(=O)Cn1c(-c2ccccc2Cl)nc2ccccc21. The van der Waals surface area contributed by atoms with Crippen LogP contribution in [0.2, 0.25) is 5.02 Å². The van der Waals surface area contributed by atoms with Crippen LogP contribution in [0.15, 0.2) is 48.5 Å². The summed E-state index contributed by atoms with van der Waals surface area (Å²) < 4.78 is 1.90. The van der Waals surface area contributed by atoms with Gasteiger partial charge in [-0.05, 0) is 31.2 Å². The van der Waals surface area contributed by atoms with E-state index in [4.69, 9.17) is 11.6 Å². The standard InChI is InChI=1S/C17H16ClN3O/c1-2-19-16(22)11-21-15-10-6-5-9-14(15)20-17(21)12-7-3-4-8-13(12)18/h3-10H,2,11H2,1H3,(H,19,22). The van der Waals surface area contributed by atoms with Gasteiger partial charge in [0.1, 0.15) is 12.4 Å². The van der Waals surface area contributed by atoms with E-state index in [1.165, 1.54) is 0 Å². The summed E-state index contributed by atoms with van der Waals surface area (Å²) in [6.07, 6.45) is 0. The van der Waals surface area contributed by atoms with Crippen LogP contribution in [0.4, 0.5) is 0 Å². The lowest BCUT2D eigenvalue weighted by Gasteiger charge is -2.10. The van der Waals surface area contributed by atoms with Crippen LogP contribution in [-0.2, 0) is 11.3 Å². The maximum Gasteiger partial charge on any atom is 0.240 e. The zero-order valence-corrected chi connectivity index (χ0v) is 13.0. The molecule has 1 amide bonds. The third-order valence-electron chi connectivity index (χ3n) is 3.44. The molecule has 0 atom stereocenters. The molecule has 1 N–H and O–H groups in total. The molecule has 1 heterocycles. The summed E-state index contributed by atoms with van der Waals surface area (Å²) >= 11 is 6.30. The van der Waals surface area contributed by atoms with Crippen LogP contribution in [0.5, 0.6) is 0 Å². The molecule has 1 aromatic heterocycles. The molecular formula is C17H16ClN3O. The van der Waals surface area contributed by atoms with Crippen molar-refractivity contribution in [2.24, 2.45) is 0 Å². The lowest BCUT2D eigenvalue weighted by atomic mass is 10.2. The predicted octanol–water partition coefficient (Wildman–Crippen LogP) is 3.49. The van der Waals surface area contributed by atoms with Crippen molar-refractivity contribution in [1.29, 1.82) is 0 Å². The van der Waals surface area contributed by atoms with Crippen LogP contribution in [0.25, 0.3) is 22.4 Å². The van der Waals surface area contributed by atoms with Gasteiger partial charge in [0.25, 0.3) is 0 Å². The molecule has 112 valence electrons. The first-order chi connectivity index (χ1) is 10.7. The molecule has 5 heteroatoms. The molecular weight excluding hydrogens is 298 g/mol. The van der Waals surface area contributed by atoms with Gasteiger partial charge < -0.3 is 9.88 Å². The Kier molecular flexibility index (Phi) is 4.11. The van der Waals surface area contributed by atoms with Gasteiger partial charge in [-0.15, -0.1) is 0 Å². The van der Waals surface area contributed by atoms with Gasteiger partial charge in [0.15, 0.2) is 0 Å². The van der Waals surface area contributed by atoms with E-state index >= 15 is 0 Å². The monoisotopic (exact) mass is 313 g/mol. The molecule has 0 aliphatic rings. The third kappa shape index (κ3) is 2.70. The number of nitrogens with zero attached hydrogens (tertiary/aromatic N) is 2. The molecule has 0 unspecified atom stereocenters. The second kappa shape index (κ2) is 6.20. The minimum Gasteiger partial charge on any atom is -0.355 e. The molecule has 0 bridgehead atoms. The topological polar surface area (TPSA) is 46.9 Å². The van der Waals surface area contributed by atoms with Gasteiger partial charge in [-0.2, -0.15) is 0 Å². The number of halogens is 1. The number of likely N-dealkylation sites (N-methyl/N-ethyl adjacent to an activating group) is 1. The van der Waals surface area contributed by atoms with Gasteiger partial charge in [0, 0.05) is 12.1 Å². The maximum atomic E-state index is 12.0. The molecule has 0 spiro atoms. The Hall–Kier alpha value is -2.33. The highest BCUT2D eigenvalue weighted by Gasteiger charge is 2.16. The summed E-state index contributed by atoms with van der Waals surface area (Å²) in [5, 5.41) is 3.44. The molecule has 3 aromatic rings. The first-order valence-electron chi connectivity index (χ1n) is 7.17. The van der Waals surface area contributed by atoms with E-state index in [-0.39, 0.29) is 12.5 Å². The van der Waals surface area contributed by atoms with E-state index in [0.717, 1.165) is 16.6 Å². The number of nitrogens with one attached hydrogen (secondary N) is 1. The number of para-hydroxylation sites is 2. The number of aromatic nitrogens is 2. The molecule has 0 aliphatic heterocycles. The van der Waals surface area contributed by atoms with Gasteiger partial charge in [-0.3, -0.25) is 4.79 Å². The van der Waals surface area contributed by atoms with E-state index < -0.39 is 0 Å². The first-order valence-corrected chi connectivity index (χ1v) is 7.55. The highest BCUT2D eigenvalue weighted by Crippen LogP contribution is 2.29. The number of carbonyl (C=O) groups excluding carboxylic acids is 1. The van der Waals surface area contributed by atoms with Crippen LogP contribution in [-0.4, -0.2) is 22.0 Å². The fourth-order valence-corrected chi connectivity index (χ4v) is 2.70. The van der Waals surface area contributed by atoms with E-state index in [9.17, 15) is 4.79 Å². The molecule has 0 aliphatic carbocycles. The van der Waals surface area contributed by atoms with Gasteiger partial charge >= 0.3 is 0 Å². The van der Waals surface area contributed by atoms with Crippen molar-refractivity contribution < 1.29 is 4.79 Å². The van der Waals surface area contributed by atoms with Crippen molar-refractivity contribution >= 4 is 28.5 Å². The van der Waals surface area contributed by atoms with E-state index in [1.807, 2.05) is 60.0 Å². The summed E-state index contributed by atoms with van der Waals surface area (Å²) in [5.41, 5.74) is 2.59. The number of benzene rings is 2. The third-order valence-corrected chi connectivity index (χ3v) is 3.77. The maximum absolute atomic E-state index is 12.0. The largest absolute Gasteiger partial charge is 0.355 e. The normalized spacial score (nSPS) is 10.8. The number of hydrogen-bond donors (Lipinski definition) is 1. The number of amides is 1. The molecule has 4 nitrogen and oxygen atoms in total. The lowest BCUT2D eigenvalue weighted by Crippen LogP contribution is -2.27. The summed E-state index contributed by atoms with van der Waals surface area (Å²) in [6.45, 7) is 2.72. The Morgan fingerprint density at radius 2 is 1.91 bits per heavy atom. The fourth-order valence-electron chi connectivity index (χ4n) is 2.48. The van der Waals surface area contributed by atoms with E-state index in [1.54, 1.807) is 0 Å². The minimum atomic E-state index is -0.0426. The van der Waals surface area contributed by atoms with Crippen molar-refractivity contribution in [3.05, 3.63) is 53.6 Å².